The summed E-state index contributed by atoms with van der Waals surface area (Å²) in [6.45, 7) is 6.28. The van der Waals surface area contributed by atoms with E-state index in [0.717, 1.165) is 11.3 Å². The number of carbonyl (C=O) groups is 1. The lowest BCUT2D eigenvalue weighted by Gasteiger charge is -2.21. The lowest BCUT2D eigenvalue weighted by Crippen LogP contribution is -2.45. The van der Waals surface area contributed by atoms with Gasteiger partial charge in [0, 0.05) is 0 Å². The molecule has 0 fully saturated rings. The van der Waals surface area contributed by atoms with Crippen LogP contribution in [0, 0.1) is 13.8 Å². The highest BCUT2D eigenvalue weighted by molar-refractivity contribution is 5.79. The number of hydrogen-bond acceptors (Lipinski definition) is 4. The van der Waals surface area contributed by atoms with Crippen LogP contribution in [-0.2, 0) is 9.53 Å². The summed E-state index contributed by atoms with van der Waals surface area (Å²) in [4.78, 5) is 11.4. The van der Waals surface area contributed by atoms with Crippen molar-refractivity contribution >= 4 is 5.97 Å². The second-order valence-corrected chi connectivity index (χ2v) is 5.13. The molecule has 4 heteroatoms. The summed E-state index contributed by atoms with van der Waals surface area (Å²) in [5, 5.41) is 0. The third-order valence-electron chi connectivity index (χ3n) is 3.08. The Morgan fingerprint density at radius 3 is 2.63 bits per heavy atom. The van der Waals surface area contributed by atoms with Crippen LogP contribution in [0.1, 0.15) is 30.9 Å². The van der Waals surface area contributed by atoms with Gasteiger partial charge >= 0.3 is 5.97 Å². The van der Waals surface area contributed by atoms with Crippen LogP contribution in [0.25, 0.3) is 0 Å². The molecule has 0 spiro atoms. The molecule has 0 saturated heterocycles. The Morgan fingerprint density at radius 2 is 2.05 bits per heavy atom. The van der Waals surface area contributed by atoms with Crippen molar-refractivity contribution in [2.24, 2.45) is 5.73 Å². The predicted molar refractivity (Wildman–Crippen MR) is 75.3 cm³/mol. The number of rotatable bonds is 6. The number of carbonyl (C=O) groups excluding carboxylic acids is 1. The zero-order valence-corrected chi connectivity index (χ0v) is 12.2. The number of esters is 1. The zero-order valence-electron chi connectivity index (χ0n) is 12.2. The van der Waals surface area contributed by atoms with Gasteiger partial charge in [0.15, 0.2) is 0 Å². The molecule has 0 aliphatic heterocycles. The molecule has 0 saturated carbocycles. The number of aryl methyl sites for hydroxylation is 2. The van der Waals surface area contributed by atoms with Gasteiger partial charge in [-0.05, 0) is 45.2 Å². The minimum absolute atomic E-state index is 0.390. The minimum Gasteiger partial charge on any atom is -0.493 e. The van der Waals surface area contributed by atoms with Gasteiger partial charge in [0.1, 0.15) is 11.3 Å². The van der Waals surface area contributed by atoms with E-state index < -0.39 is 5.54 Å². The van der Waals surface area contributed by atoms with Gasteiger partial charge in [0.2, 0.25) is 0 Å². The molecular formula is C15H23NO3. The topological polar surface area (TPSA) is 61.5 Å². The van der Waals surface area contributed by atoms with Gasteiger partial charge in [-0.1, -0.05) is 17.7 Å². The van der Waals surface area contributed by atoms with E-state index in [4.69, 9.17) is 10.5 Å². The lowest BCUT2D eigenvalue weighted by molar-refractivity contribution is -0.146. The number of ether oxygens (including phenoxy) is 2. The number of nitrogens with two attached hydrogens (primary N) is 1. The lowest BCUT2D eigenvalue weighted by atomic mass is 9.98. The maximum absolute atomic E-state index is 11.4. The van der Waals surface area contributed by atoms with Gasteiger partial charge in [-0.25, -0.2) is 0 Å². The highest BCUT2D eigenvalue weighted by Crippen LogP contribution is 2.19. The number of methoxy groups -OCH3 is 1. The molecule has 2 N–H and O–H groups in total. The van der Waals surface area contributed by atoms with Gasteiger partial charge in [0.05, 0.1) is 13.7 Å². The molecule has 0 amide bonds. The summed E-state index contributed by atoms with van der Waals surface area (Å²) in [7, 11) is 1.35. The van der Waals surface area contributed by atoms with Gasteiger partial charge < -0.3 is 15.2 Å². The van der Waals surface area contributed by atoms with Crippen LogP contribution in [0.2, 0.25) is 0 Å². The molecule has 0 heterocycles. The molecule has 1 rings (SSSR count). The summed E-state index contributed by atoms with van der Waals surface area (Å²) < 4.78 is 10.4. The minimum atomic E-state index is -0.944. The van der Waals surface area contributed by atoms with E-state index in [-0.39, 0.29) is 5.97 Å². The molecule has 1 atom stereocenters. The highest BCUT2D eigenvalue weighted by atomic mass is 16.5. The summed E-state index contributed by atoms with van der Waals surface area (Å²) in [5.74, 6) is 0.487. The smallest absolute Gasteiger partial charge is 0.325 e. The fourth-order valence-corrected chi connectivity index (χ4v) is 1.92. The molecule has 0 bridgehead atoms. The Bertz CT molecular complexity index is 441. The monoisotopic (exact) mass is 265 g/mol. The van der Waals surface area contributed by atoms with Crippen LogP contribution in [0.3, 0.4) is 0 Å². The summed E-state index contributed by atoms with van der Waals surface area (Å²) >= 11 is 0. The second-order valence-electron chi connectivity index (χ2n) is 5.13. The molecule has 0 radical (unpaired) electrons. The normalized spacial score (nSPS) is 13.7. The standard InChI is InChI=1S/C15H23NO3/c1-11-6-7-13(12(2)10-11)19-9-5-8-15(3,16)14(17)18-4/h6-7,10H,5,8-9,16H2,1-4H3. The maximum Gasteiger partial charge on any atom is 0.325 e. The van der Waals surface area contributed by atoms with Crippen molar-refractivity contribution in [2.75, 3.05) is 13.7 Å². The molecular weight excluding hydrogens is 242 g/mol. The summed E-state index contributed by atoms with van der Waals surface area (Å²) in [6.07, 6.45) is 1.24. The molecule has 1 unspecified atom stereocenters. The molecule has 1 aromatic rings. The number of hydrogen-bond donors (Lipinski definition) is 1. The first-order chi connectivity index (χ1) is 8.86. The van der Waals surface area contributed by atoms with Crippen molar-refractivity contribution in [1.29, 1.82) is 0 Å². The molecule has 19 heavy (non-hydrogen) atoms. The summed E-state index contributed by atoms with van der Waals surface area (Å²) in [6, 6.07) is 6.06. The first-order valence-corrected chi connectivity index (χ1v) is 6.44. The van der Waals surface area contributed by atoms with Gasteiger partial charge in [0.25, 0.3) is 0 Å². The molecule has 4 nitrogen and oxygen atoms in total. The largest absolute Gasteiger partial charge is 0.493 e. The Labute approximate surface area is 114 Å². The van der Waals surface area contributed by atoms with E-state index in [1.807, 2.05) is 26.0 Å². The second kappa shape index (κ2) is 6.57. The van der Waals surface area contributed by atoms with Crippen molar-refractivity contribution < 1.29 is 14.3 Å². The van der Waals surface area contributed by atoms with Crippen molar-refractivity contribution in [3.8, 4) is 5.75 Å². The third-order valence-corrected chi connectivity index (χ3v) is 3.08. The number of benzene rings is 1. The van der Waals surface area contributed by atoms with Crippen molar-refractivity contribution in [2.45, 2.75) is 39.2 Å². The molecule has 0 aliphatic carbocycles. The Kier molecular flexibility index (Phi) is 5.36. The van der Waals surface area contributed by atoms with Crippen LogP contribution in [0.15, 0.2) is 18.2 Å². The van der Waals surface area contributed by atoms with Crippen LogP contribution >= 0.6 is 0 Å². The predicted octanol–water partition coefficient (Wildman–Crippen LogP) is 2.35. The Hall–Kier alpha value is -1.55. The fourth-order valence-electron chi connectivity index (χ4n) is 1.92. The van der Waals surface area contributed by atoms with Gasteiger partial charge in [-0.2, -0.15) is 0 Å². The van der Waals surface area contributed by atoms with E-state index in [1.165, 1.54) is 12.7 Å². The molecule has 1 aromatic carbocycles. The average molecular weight is 265 g/mol. The molecule has 0 aliphatic rings. The highest BCUT2D eigenvalue weighted by Gasteiger charge is 2.28. The van der Waals surface area contributed by atoms with Crippen molar-refractivity contribution in [3.05, 3.63) is 29.3 Å². The van der Waals surface area contributed by atoms with E-state index >= 15 is 0 Å². The molecule has 106 valence electrons. The van der Waals surface area contributed by atoms with Gasteiger partial charge in [-0.15, -0.1) is 0 Å². The van der Waals surface area contributed by atoms with E-state index in [0.29, 0.717) is 19.4 Å². The van der Waals surface area contributed by atoms with Crippen LogP contribution in [0.5, 0.6) is 5.75 Å². The third kappa shape index (κ3) is 4.56. The van der Waals surface area contributed by atoms with E-state index in [1.54, 1.807) is 6.92 Å². The Morgan fingerprint density at radius 1 is 1.37 bits per heavy atom. The SMILES string of the molecule is COC(=O)C(C)(N)CCCOc1ccc(C)cc1C. The van der Waals surface area contributed by atoms with E-state index in [9.17, 15) is 4.79 Å². The quantitative estimate of drug-likeness (QED) is 0.633. The molecule has 0 aromatic heterocycles. The van der Waals surface area contributed by atoms with Crippen molar-refractivity contribution in [3.63, 3.8) is 0 Å². The first kappa shape index (κ1) is 15.5. The summed E-state index contributed by atoms with van der Waals surface area (Å²) in [5.41, 5.74) is 7.25. The first-order valence-electron chi connectivity index (χ1n) is 6.44. The van der Waals surface area contributed by atoms with Gasteiger partial charge in [-0.3, -0.25) is 4.79 Å². The van der Waals surface area contributed by atoms with Crippen LogP contribution < -0.4 is 10.5 Å². The van der Waals surface area contributed by atoms with Crippen LogP contribution in [-0.4, -0.2) is 25.2 Å². The van der Waals surface area contributed by atoms with E-state index in [2.05, 4.69) is 10.8 Å². The van der Waals surface area contributed by atoms with Crippen molar-refractivity contribution in [1.82, 2.24) is 0 Å². The fraction of sp³-hybridized carbons (Fsp3) is 0.533. The average Bonchev–Trinajstić information content (AvgIpc) is 2.35. The Balaban J connectivity index is 2.41. The van der Waals surface area contributed by atoms with Crippen LogP contribution in [0.4, 0.5) is 0 Å². The zero-order chi connectivity index (χ0) is 14.5. The maximum atomic E-state index is 11.4.